The van der Waals surface area contributed by atoms with Crippen molar-refractivity contribution in [1.82, 2.24) is 19.7 Å². The van der Waals surface area contributed by atoms with Gasteiger partial charge in [-0.15, -0.1) is 0 Å². The number of nitrogens with zero attached hydrogens (tertiary/aromatic N) is 5. The number of aromatic nitrogens is 4. The molecule has 1 aliphatic rings. The average molecular weight is 307 g/mol. The zero-order chi connectivity index (χ0) is 14.8. The second kappa shape index (κ2) is 5.69. The fourth-order valence-electron chi connectivity index (χ4n) is 2.57. The smallest absolute Gasteiger partial charge is 0.250 e. The molecule has 0 aliphatic carbocycles. The molecule has 0 bridgehead atoms. The number of primary amides is 1. The van der Waals surface area contributed by atoms with Crippen LogP contribution in [-0.4, -0.2) is 38.7 Å². The lowest BCUT2D eigenvalue weighted by atomic mass is 10.1. The van der Waals surface area contributed by atoms with Gasteiger partial charge < -0.3 is 10.6 Å². The summed E-state index contributed by atoms with van der Waals surface area (Å²) in [4.78, 5) is 21.5. The predicted molar refractivity (Wildman–Crippen MR) is 78.3 cm³/mol. The van der Waals surface area contributed by atoms with E-state index in [1.54, 1.807) is 12.4 Å². The monoisotopic (exact) mass is 306 g/mol. The van der Waals surface area contributed by atoms with Crippen molar-refractivity contribution >= 4 is 23.3 Å². The van der Waals surface area contributed by atoms with Crippen molar-refractivity contribution in [2.75, 3.05) is 18.0 Å². The summed E-state index contributed by atoms with van der Waals surface area (Å²) in [6, 6.07) is 1.81. The number of carbonyl (C=O) groups is 1. The second-order valence-corrected chi connectivity index (χ2v) is 5.42. The predicted octanol–water partition coefficient (Wildman–Crippen LogP) is 1.27. The molecule has 1 aliphatic heterocycles. The molecular formula is C13H15ClN6O. The minimum Gasteiger partial charge on any atom is -0.366 e. The number of halogens is 1. The summed E-state index contributed by atoms with van der Waals surface area (Å²) in [5.41, 5.74) is 5.54. The van der Waals surface area contributed by atoms with Crippen molar-refractivity contribution in [2.24, 2.45) is 5.73 Å². The van der Waals surface area contributed by atoms with E-state index in [0.717, 1.165) is 25.9 Å². The minimum atomic E-state index is -0.532. The van der Waals surface area contributed by atoms with E-state index in [9.17, 15) is 4.79 Å². The summed E-state index contributed by atoms with van der Waals surface area (Å²) in [6.45, 7) is 1.62. The van der Waals surface area contributed by atoms with Gasteiger partial charge in [-0.05, 0) is 18.9 Å². The highest BCUT2D eigenvalue weighted by molar-refractivity contribution is 6.33. The molecular weight excluding hydrogens is 292 g/mol. The molecule has 0 radical (unpaired) electrons. The topological polar surface area (TPSA) is 89.9 Å². The van der Waals surface area contributed by atoms with Gasteiger partial charge in [-0.2, -0.15) is 5.10 Å². The van der Waals surface area contributed by atoms with Gasteiger partial charge in [0.2, 0.25) is 5.91 Å². The average Bonchev–Trinajstić information content (AvgIpc) is 3.01. The highest BCUT2D eigenvalue weighted by Gasteiger charge is 2.24. The molecule has 0 aromatic carbocycles. The minimum absolute atomic E-state index is 0.245. The maximum absolute atomic E-state index is 11.1. The molecule has 8 heteroatoms. The number of anilines is 1. The van der Waals surface area contributed by atoms with E-state index in [1.165, 1.54) is 12.5 Å². The molecule has 3 heterocycles. The first-order chi connectivity index (χ1) is 10.1. The summed E-state index contributed by atoms with van der Waals surface area (Å²) in [7, 11) is 0. The second-order valence-electron chi connectivity index (χ2n) is 5.01. The van der Waals surface area contributed by atoms with Crippen molar-refractivity contribution < 1.29 is 4.79 Å². The molecule has 1 amide bonds. The van der Waals surface area contributed by atoms with E-state index < -0.39 is 5.91 Å². The van der Waals surface area contributed by atoms with Gasteiger partial charge in [-0.1, -0.05) is 11.6 Å². The van der Waals surface area contributed by atoms with Crippen LogP contribution in [0.25, 0.3) is 0 Å². The molecule has 7 nitrogen and oxygen atoms in total. The normalized spacial score (nSPS) is 18.7. The van der Waals surface area contributed by atoms with Crippen molar-refractivity contribution in [1.29, 1.82) is 0 Å². The molecule has 1 atom stereocenters. The third-order valence-corrected chi connectivity index (χ3v) is 3.89. The summed E-state index contributed by atoms with van der Waals surface area (Å²) in [6.07, 6.45) is 6.77. The lowest BCUT2D eigenvalue weighted by molar-refractivity contribution is 0.1000. The van der Waals surface area contributed by atoms with Gasteiger partial charge in [0.05, 0.1) is 16.6 Å². The van der Waals surface area contributed by atoms with E-state index in [2.05, 4.69) is 20.0 Å². The molecule has 0 spiro atoms. The number of pyridine rings is 1. The van der Waals surface area contributed by atoms with Crippen LogP contribution in [0.3, 0.4) is 0 Å². The zero-order valence-electron chi connectivity index (χ0n) is 11.3. The molecule has 1 fully saturated rings. The van der Waals surface area contributed by atoms with Crippen LogP contribution in [0.2, 0.25) is 5.02 Å². The summed E-state index contributed by atoms with van der Waals surface area (Å²) in [5, 5.41) is 4.63. The SMILES string of the molecule is NC(=O)c1cnc(N2CCCC(n3cncn3)C2)c(Cl)c1. The molecule has 2 N–H and O–H groups in total. The third kappa shape index (κ3) is 2.82. The van der Waals surface area contributed by atoms with Crippen LogP contribution in [0.1, 0.15) is 29.2 Å². The van der Waals surface area contributed by atoms with E-state index in [1.807, 2.05) is 4.68 Å². The molecule has 110 valence electrons. The highest BCUT2D eigenvalue weighted by Crippen LogP contribution is 2.29. The molecule has 2 aromatic rings. The maximum Gasteiger partial charge on any atom is 0.250 e. The van der Waals surface area contributed by atoms with Gasteiger partial charge in [0.15, 0.2) is 0 Å². The maximum atomic E-state index is 11.1. The van der Waals surface area contributed by atoms with E-state index in [0.29, 0.717) is 16.4 Å². The Morgan fingerprint density at radius 2 is 2.33 bits per heavy atom. The Bertz CT molecular complexity index is 644. The number of carbonyl (C=O) groups excluding carboxylic acids is 1. The van der Waals surface area contributed by atoms with Crippen LogP contribution >= 0.6 is 11.6 Å². The number of amides is 1. The fraction of sp³-hybridized carbons (Fsp3) is 0.385. The summed E-state index contributed by atoms with van der Waals surface area (Å²) < 4.78 is 1.86. The quantitative estimate of drug-likeness (QED) is 0.922. The van der Waals surface area contributed by atoms with Crippen LogP contribution < -0.4 is 10.6 Å². The Hall–Kier alpha value is -2.15. The summed E-state index contributed by atoms with van der Waals surface area (Å²) in [5.74, 6) is 0.140. The van der Waals surface area contributed by atoms with Crippen LogP contribution in [-0.2, 0) is 0 Å². The summed E-state index contributed by atoms with van der Waals surface area (Å²) >= 11 is 6.23. The Labute approximate surface area is 126 Å². The van der Waals surface area contributed by atoms with Crippen LogP contribution in [0.4, 0.5) is 5.82 Å². The van der Waals surface area contributed by atoms with Crippen LogP contribution in [0.5, 0.6) is 0 Å². The number of rotatable bonds is 3. The molecule has 0 saturated carbocycles. The lowest BCUT2D eigenvalue weighted by Gasteiger charge is -2.33. The number of piperidine rings is 1. The van der Waals surface area contributed by atoms with Crippen LogP contribution in [0.15, 0.2) is 24.9 Å². The first-order valence-corrected chi connectivity index (χ1v) is 7.07. The van der Waals surface area contributed by atoms with E-state index >= 15 is 0 Å². The number of nitrogens with two attached hydrogens (primary N) is 1. The van der Waals surface area contributed by atoms with Gasteiger partial charge in [-0.25, -0.2) is 14.6 Å². The van der Waals surface area contributed by atoms with Crippen molar-refractivity contribution in [3.63, 3.8) is 0 Å². The standard InChI is InChI=1S/C13H15ClN6O/c14-11-4-9(12(15)21)5-17-13(11)19-3-1-2-10(6-19)20-8-16-7-18-20/h4-5,7-8,10H,1-3,6H2,(H2,15,21). The molecule has 1 saturated heterocycles. The Morgan fingerprint density at radius 1 is 1.48 bits per heavy atom. The van der Waals surface area contributed by atoms with Crippen LogP contribution in [0, 0.1) is 0 Å². The lowest BCUT2D eigenvalue weighted by Crippen LogP contribution is -2.37. The fourth-order valence-corrected chi connectivity index (χ4v) is 2.85. The van der Waals surface area contributed by atoms with Crippen molar-refractivity contribution in [3.8, 4) is 0 Å². The number of hydrogen-bond acceptors (Lipinski definition) is 5. The van der Waals surface area contributed by atoms with Gasteiger partial charge in [0, 0.05) is 19.3 Å². The zero-order valence-corrected chi connectivity index (χ0v) is 12.1. The Morgan fingerprint density at radius 3 is 3.00 bits per heavy atom. The Balaban J connectivity index is 1.82. The van der Waals surface area contributed by atoms with Crippen molar-refractivity contribution in [3.05, 3.63) is 35.5 Å². The molecule has 21 heavy (non-hydrogen) atoms. The Kier molecular flexibility index (Phi) is 3.74. The molecule has 1 unspecified atom stereocenters. The van der Waals surface area contributed by atoms with Gasteiger partial charge in [0.1, 0.15) is 18.5 Å². The first-order valence-electron chi connectivity index (χ1n) is 6.69. The molecule has 2 aromatic heterocycles. The van der Waals surface area contributed by atoms with E-state index in [4.69, 9.17) is 17.3 Å². The largest absolute Gasteiger partial charge is 0.366 e. The number of hydrogen-bond donors (Lipinski definition) is 1. The first kappa shape index (κ1) is 13.8. The van der Waals surface area contributed by atoms with E-state index in [-0.39, 0.29) is 6.04 Å². The third-order valence-electron chi connectivity index (χ3n) is 3.61. The van der Waals surface area contributed by atoms with Gasteiger partial charge in [0.25, 0.3) is 0 Å². The van der Waals surface area contributed by atoms with Crippen molar-refractivity contribution in [2.45, 2.75) is 18.9 Å². The highest BCUT2D eigenvalue weighted by atomic mass is 35.5. The van der Waals surface area contributed by atoms with Gasteiger partial charge >= 0.3 is 0 Å². The van der Waals surface area contributed by atoms with Gasteiger partial charge in [-0.3, -0.25) is 4.79 Å². The molecule has 3 rings (SSSR count).